The molecular formula is C15H19N3O. The van der Waals surface area contributed by atoms with Gasteiger partial charge in [0, 0.05) is 20.1 Å². The van der Waals surface area contributed by atoms with Crippen LogP contribution in [-0.2, 0) is 11.8 Å². The fourth-order valence-electron chi connectivity index (χ4n) is 3.01. The number of hydrogen-bond acceptors (Lipinski definition) is 3. The van der Waals surface area contributed by atoms with E-state index >= 15 is 0 Å². The van der Waals surface area contributed by atoms with E-state index in [0.717, 1.165) is 30.3 Å². The van der Waals surface area contributed by atoms with Gasteiger partial charge in [-0.05, 0) is 30.9 Å². The largest absolute Gasteiger partial charge is 0.364 e. The summed E-state index contributed by atoms with van der Waals surface area (Å²) in [5.74, 6) is 1.81. The lowest BCUT2D eigenvalue weighted by atomic mass is 10.1. The van der Waals surface area contributed by atoms with E-state index in [2.05, 4.69) is 35.1 Å². The van der Waals surface area contributed by atoms with E-state index in [1.54, 1.807) is 0 Å². The van der Waals surface area contributed by atoms with Crippen LogP contribution in [0.3, 0.4) is 0 Å². The molecule has 2 aromatic rings. The van der Waals surface area contributed by atoms with E-state index in [1.807, 2.05) is 6.07 Å². The third kappa shape index (κ3) is 1.95. The van der Waals surface area contributed by atoms with Crippen molar-refractivity contribution in [2.75, 3.05) is 13.1 Å². The molecule has 1 N–H and O–H groups in total. The van der Waals surface area contributed by atoms with Gasteiger partial charge >= 0.3 is 0 Å². The van der Waals surface area contributed by atoms with Gasteiger partial charge in [0.2, 0.25) is 0 Å². The summed E-state index contributed by atoms with van der Waals surface area (Å²) in [5.41, 5.74) is 2.23. The highest BCUT2D eigenvalue weighted by atomic mass is 16.5. The molecule has 1 saturated heterocycles. The lowest BCUT2D eigenvalue weighted by Crippen LogP contribution is -2.42. The number of nitrogens with one attached hydrogen (secondary N) is 1. The molecule has 4 heteroatoms. The predicted octanol–water partition coefficient (Wildman–Crippen LogP) is 2.01. The van der Waals surface area contributed by atoms with Crippen molar-refractivity contribution in [2.24, 2.45) is 13.0 Å². The zero-order valence-corrected chi connectivity index (χ0v) is 11.2. The van der Waals surface area contributed by atoms with Crippen molar-refractivity contribution in [3.63, 3.8) is 0 Å². The molecule has 1 aliphatic carbocycles. The van der Waals surface area contributed by atoms with Gasteiger partial charge in [0.15, 0.2) is 0 Å². The molecule has 4 rings (SSSR count). The van der Waals surface area contributed by atoms with Crippen molar-refractivity contribution in [2.45, 2.75) is 25.0 Å². The van der Waals surface area contributed by atoms with Crippen LogP contribution >= 0.6 is 0 Å². The Morgan fingerprint density at radius 3 is 2.89 bits per heavy atom. The first-order chi connectivity index (χ1) is 9.33. The summed E-state index contributed by atoms with van der Waals surface area (Å²) in [6.07, 6.45) is 3.10. The average molecular weight is 257 g/mol. The highest BCUT2D eigenvalue weighted by molar-refractivity contribution is 5.75. The SMILES string of the molecule is Cn1c(C2CNCC(C3CC3)O2)nc2ccccc21. The number of para-hydroxylation sites is 2. The first kappa shape index (κ1) is 11.4. The Balaban J connectivity index is 1.67. The van der Waals surface area contributed by atoms with E-state index in [-0.39, 0.29) is 6.10 Å². The number of morpholine rings is 1. The number of rotatable bonds is 2. The van der Waals surface area contributed by atoms with Gasteiger partial charge in [-0.1, -0.05) is 12.1 Å². The van der Waals surface area contributed by atoms with E-state index in [0.29, 0.717) is 6.10 Å². The topological polar surface area (TPSA) is 39.1 Å². The number of benzene rings is 1. The van der Waals surface area contributed by atoms with Crippen LogP contribution in [0.15, 0.2) is 24.3 Å². The molecule has 2 fully saturated rings. The maximum Gasteiger partial charge on any atom is 0.140 e. The Morgan fingerprint density at radius 2 is 2.11 bits per heavy atom. The summed E-state index contributed by atoms with van der Waals surface area (Å²) in [6, 6.07) is 8.26. The molecule has 0 amide bonds. The third-order valence-electron chi connectivity index (χ3n) is 4.27. The molecule has 1 aliphatic heterocycles. The minimum atomic E-state index is 0.0803. The molecule has 1 aromatic heterocycles. The molecule has 4 nitrogen and oxygen atoms in total. The maximum absolute atomic E-state index is 6.26. The summed E-state index contributed by atoms with van der Waals surface area (Å²) in [4.78, 5) is 4.75. The van der Waals surface area contributed by atoms with Gasteiger partial charge in [-0.3, -0.25) is 0 Å². The molecule has 1 aromatic carbocycles. The normalized spacial score (nSPS) is 27.8. The van der Waals surface area contributed by atoms with Gasteiger partial charge in [0.05, 0.1) is 17.1 Å². The average Bonchev–Trinajstić information content (AvgIpc) is 3.25. The highest BCUT2D eigenvalue weighted by Crippen LogP contribution is 2.37. The second-order valence-electron chi connectivity index (χ2n) is 5.68. The zero-order valence-electron chi connectivity index (χ0n) is 11.2. The monoisotopic (exact) mass is 257 g/mol. The van der Waals surface area contributed by atoms with E-state index < -0.39 is 0 Å². The smallest absolute Gasteiger partial charge is 0.140 e. The summed E-state index contributed by atoms with van der Waals surface area (Å²) in [6.45, 7) is 1.85. The minimum Gasteiger partial charge on any atom is -0.364 e. The Labute approximate surface area is 112 Å². The second-order valence-corrected chi connectivity index (χ2v) is 5.68. The molecule has 100 valence electrons. The number of imidazole rings is 1. The van der Waals surface area contributed by atoms with E-state index in [4.69, 9.17) is 9.72 Å². The van der Waals surface area contributed by atoms with Gasteiger partial charge < -0.3 is 14.6 Å². The second kappa shape index (κ2) is 4.32. The summed E-state index contributed by atoms with van der Waals surface area (Å²) >= 11 is 0. The van der Waals surface area contributed by atoms with Crippen LogP contribution in [0, 0.1) is 5.92 Å². The number of hydrogen-bond donors (Lipinski definition) is 1. The van der Waals surface area contributed by atoms with Crippen LogP contribution in [0.5, 0.6) is 0 Å². The molecular weight excluding hydrogens is 238 g/mol. The number of aryl methyl sites for hydroxylation is 1. The lowest BCUT2D eigenvalue weighted by Gasteiger charge is -2.30. The van der Waals surface area contributed by atoms with Crippen molar-refractivity contribution in [1.82, 2.24) is 14.9 Å². The lowest BCUT2D eigenvalue weighted by molar-refractivity contribution is -0.0542. The summed E-state index contributed by atoms with van der Waals surface area (Å²) in [7, 11) is 2.08. The van der Waals surface area contributed by atoms with E-state index in [9.17, 15) is 0 Å². The first-order valence-electron chi connectivity index (χ1n) is 7.10. The predicted molar refractivity (Wildman–Crippen MR) is 73.9 cm³/mol. The fourth-order valence-corrected chi connectivity index (χ4v) is 3.01. The van der Waals surface area contributed by atoms with Crippen molar-refractivity contribution >= 4 is 11.0 Å². The van der Waals surface area contributed by atoms with Crippen LogP contribution in [0.1, 0.15) is 24.8 Å². The molecule has 2 unspecified atom stereocenters. The molecule has 2 heterocycles. The van der Waals surface area contributed by atoms with Gasteiger partial charge in [0.25, 0.3) is 0 Å². The van der Waals surface area contributed by atoms with Gasteiger partial charge in [-0.2, -0.15) is 0 Å². The summed E-state index contributed by atoms with van der Waals surface area (Å²) < 4.78 is 8.42. The molecule has 0 radical (unpaired) electrons. The Morgan fingerprint density at radius 1 is 1.26 bits per heavy atom. The molecule has 2 aliphatic rings. The molecule has 19 heavy (non-hydrogen) atoms. The van der Waals surface area contributed by atoms with Gasteiger partial charge in [-0.15, -0.1) is 0 Å². The highest BCUT2D eigenvalue weighted by Gasteiger charge is 2.37. The Bertz CT molecular complexity index is 602. The summed E-state index contributed by atoms with van der Waals surface area (Å²) in [5, 5.41) is 3.50. The molecule has 0 spiro atoms. The quantitative estimate of drug-likeness (QED) is 0.894. The maximum atomic E-state index is 6.26. The van der Waals surface area contributed by atoms with Crippen LogP contribution in [0.25, 0.3) is 11.0 Å². The number of nitrogens with zero attached hydrogens (tertiary/aromatic N) is 2. The van der Waals surface area contributed by atoms with Crippen LogP contribution in [0.4, 0.5) is 0 Å². The molecule has 2 atom stereocenters. The zero-order chi connectivity index (χ0) is 12.8. The Hall–Kier alpha value is -1.39. The van der Waals surface area contributed by atoms with Crippen molar-refractivity contribution in [3.05, 3.63) is 30.1 Å². The first-order valence-corrected chi connectivity index (χ1v) is 7.10. The van der Waals surface area contributed by atoms with Crippen molar-refractivity contribution in [1.29, 1.82) is 0 Å². The fraction of sp³-hybridized carbons (Fsp3) is 0.533. The standard InChI is InChI=1S/C15H19N3O/c1-18-12-5-3-2-4-11(12)17-15(18)14-9-16-8-13(19-14)10-6-7-10/h2-5,10,13-14,16H,6-9H2,1H3. The van der Waals surface area contributed by atoms with Gasteiger partial charge in [0.1, 0.15) is 11.9 Å². The van der Waals surface area contributed by atoms with Crippen molar-refractivity contribution < 1.29 is 4.74 Å². The number of ether oxygens (including phenoxy) is 1. The van der Waals surface area contributed by atoms with Crippen LogP contribution in [-0.4, -0.2) is 28.7 Å². The number of aromatic nitrogens is 2. The van der Waals surface area contributed by atoms with Gasteiger partial charge in [-0.25, -0.2) is 4.98 Å². The third-order valence-corrected chi connectivity index (χ3v) is 4.27. The van der Waals surface area contributed by atoms with E-state index in [1.165, 1.54) is 18.4 Å². The van der Waals surface area contributed by atoms with Crippen LogP contribution < -0.4 is 5.32 Å². The minimum absolute atomic E-state index is 0.0803. The number of fused-ring (bicyclic) bond motifs is 1. The van der Waals surface area contributed by atoms with Crippen LogP contribution in [0.2, 0.25) is 0 Å². The molecule has 0 bridgehead atoms. The van der Waals surface area contributed by atoms with Crippen molar-refractivity contribution in [3.8, 4) is 0 Å². The molecule has 1 saturated carbocycles. The Kier molecular flexibility index (Phi) is 2.60.